The molecule has 0 amide bonds. The lowest BCUT2D eigenvalue weighted by Crippen LogP contribution is -2.23. The minimum absolute atomic E-state index is 0.624. The van der Waals surface area contributed by atoms with Gasteiger partial charge in [0.2, 0.25) is 0 Å². The zero-order valence-corrected chi connectivity index (χ0v) is 22.2. The average molecular weight is 493 g/mol. The Kier molecular flexibility index (Phi) is 7.59. The van der Waals surface area contributed by atoms with E-state index in [2.05, 4.69) is 34.8 Å². The highest BCUT2D eigenvalue weighted by Gasteiger charge is 2.20. The van der Waals surface area contributed by atoms with Crippen molar-refractivity contribution in [2.75, 3.05) is 17.3 Å². The van der Waals surface area contributed by atoms with E-state index in [-0.39, 0.29) is 0 Å². The van der Waals surface area contributed by atoms with E-state index in [1.54, 1.807) is 19.9 Å². The number of aliphatic imine (C=N–C) groups is 1. The summed E-state index contributed by atoms with van der Waals surface area (Å²) in [7, 11) is 1.94. The summed E-state index contributed by atoms with van der Waals surface area (Å²) >= 11 is 0. The van der Waals surface area contributed by atoms with Gasteiger partial charge in [-0.25, -0.2) is 9.37 Å². The summed E-state index contributed by atoms with van der Waals surface area (Å²) in [6.45, 7) is 11.5. The first kappa shape index (κ1) is 25.9. The number of pyridine rings is 1. The van der Waals surface area contributed by atoms with Crippen molar-refractivity contribution in [1.82, 2.24) is 4.98 Å². The molecule has 37 heavy (non-hydrogen) atoms. The summed E-state index contributed by atoms with van der Waals surface area (Å²) in [5, 5.41) is 3.43. The van der Waals surface area contributed by atoms with Crippen molar-refractivity contribution < 1.29 is 4.39 Å². The molecule has 0 atom stereocenters. The average Bonchev–Trinajstić information content (AvgIpc) is 3.42. The maximum absolute atomic E-state index is 14.5. The maximum Gasteiger partial charge on any atom is 0.137 e. The number of hydrogen-bond acceptors (Lipinski definition) is 4. The molecule has 4 rings (SSSR count). The second-order valence-electron chi connectivity index (χ2n) is 9.63. The first-order chi connectivity index (χ1) is 17.7. The number of halogens is 1. The molecular weight excluding hydrogens is 459 g/mol. The van der Waals surface area contributed by atoms with Crippen LogP contribution in [0.15, 0.2) is 78.2 Å². The third-order valence-electron chi connectivity index (χ3n) is 6.34. The number of rotatable bonds is 7. The highest BCUT2D eigenvalue weighted by atomic mass is 19.1. The largest absolute Gasteiger partial charge is 0.342 e. The molecule has 1 N–H and O–H groups in total. The summed E-state index contributed by atoms with van der Waals surface area (Å²) < 4.78 is 14.5. The van der Waals surface area contributed by atoms with Crippen molar-refractivity contribution in [2.45, 2.75) is 46.2 Å². The Hall–Kier alpha value is -4.17. The Labute approximate surface area is 219 Å². The van der Waals surface area contributed by atoms with Crippen LogP contribution < -0.4 is 10.2 Å². The molecule has 2 heterocycles. The molecule has 1 aliphatic rings. The minimum atomic E-state index is -1.42. The lowest BCUT2D eigenvalue weighted by atomic mass is 9.97. The first-order valence-electron chi connectivity index (χ1n) is 12.5. The summed E-state index contributed by atoms with van der Waals surface area (Å²) in [5.74, 6) is 7.90. The van der Waals surface area contributed by atoms with E-state index >= 15 is 0 Å². The van der Waals surface area contributed by atoms with E-state index in [0.717, 1.165) is 57.9 Å². The fourth-order valence-electron chi connectivity index (χ4n) is 4.15. The quantitative estimate of drug-likeness (QED) is 0.341. The smallest absolute Gasteiger partial charge is 0.137 e. The lowest BCUT2D eigenvalue weighted by molar-refractivity contribution is 0.221. The number of allylic oxidation sites excluding steroid dienone is 1. The number of benzene rings is 2. The monoisotopic (exact) mass is 492 g/mol. The summed E-state index contributed by atoms with van der Waals surface area (Å²) in [4.78, 5) is 11.1. The van der Waals surface area contributed by atoms with Crippen molar-refractivity contribution in [3.8, 4) is 23.1 Å². The van der Waals surface area contributed by atoms with Crippen LogP contribution >= 0.6 is 0 Å². The second-order valence-corrected chi connectivity index (χ2v) is 9.63. The minimum Gasteiger partial charge on any atom is -0.342 e. The Morgan fingerprint density at radius 2 is 1.97 bits per heavy atom. The molecule has 0 aliphatic carbocycles. The molecule has 2 aromatic carbocycles. The summed E-state index contributed by atoms with van der Waals surface area (Å²) in [6.07, 6.45) is 5.40. The molecule has 0 unspecified atom stereocenters. The Morgan fingerprint density at radius 3 is 2.68 bits per heavy atom. The van der Waals surface area contributed by atoms with Crippen LogP contribution in [-0.2, 0) is 5.67 Å². The number of alkyl halides is 1. The first-order valence-corrected chi connectivity index (χ1v) is 12.5. The molecule has 5 heteroatoms. The molecule has 0 saturated heterocycles. The SMILES string of the molecule is C=C(Nc1ccc(C#CCC)c(C2=CN=CC2)c1)N(C)c1nc(-c2cccc(C(C)(C)F)c2)ccc1C. The molecule has 0 bridgehead atoms. The highest BCUT2D eigenvalue weighted by Crippen LogP contribution is 2.31. The molecule has 188 valence electrons. The van der Waals surface area contributed by atoms with Gasteiger partial charge >= 0.3 is 0 Å². The van der Waals surface area contributed by atoms with E-state index in [1.165, 1.54) is 0 Å². The van der Waals surface area contributed by atoms with E-state index in [0.29, 0.717) is 11.4 Å². The summed E-state index contributed by atoms with van der Waals surface area (Å²) in [5.41, 5.74) is 5.99. The topological polar surface area (TPSA) is 40.5 Å². The van der Waals surface area contributed by atoms with Gasteiger partial charge in [-0.1, -0.05) is 49.6 Å². The van der Waals surface area contributed by atoms with Crippen LogP contribution in [0.25, 0.3) is 16.8 Å². The second kappa shape index (κ2) is 10.8. The third-order valence-corrected chi connectivity index (χ3v) is 6.34. The van der Waals surface area contributed by atoms with Crippen LogP contribution in [0, 0.1) is 18.8 Å². The van der Waals surface area contributed by atoms with Crippen LogP contribution in [0.4, 0.5) is 15.9 Å². The molecule has 0 fully saturated rings. The van der Waals surface area contributed by atoms with Gasteiger partial charge in [-0.2, -0.15) is 0 Å². The van der Waals surface area contributed by atoms with Crippen LogP contribution in [0.3, 0.4) is 0 Å². The highest BCUT2D eigenvalue weighted by molar-refractivity contribution is 5.87. The number of nitrogens with one attached hydrogen (secondary N) is 1. The predicted octanol–water partition coefficient (Wildman–Crippen LogP) is 7.86. The van der Waals surface area contributed by atoms with Gasteiger partial charge in [0.25, 0.3) is 0 Å². The number of hydrogen-bond donors (Lipinski definition) is 1. The Morgan fingerprint density at radius 1 is 1.16 bits per heavy atom. The number of nitrogens with zero attached hydrogens (tertiary/aromatic N) is 3. The van der Waals surface area contributed by atoms with Gasteiger partial charge in [0.05, 0.1) is 5.69 Å². The van der Waals surface area contributed by atoms with Crippen molar-refractivity contribution in [2.24, 2.45) is 4.99 Å². The van der Waals surface area contributed by atoms with E-state index in [4.69, 9.17) is 4.98 Å². The molecule has 1 aliphatic heterocycles. The Bertz CT molecular complexity index is 1450. The van der Waals surface area contributed by atoms with Gasteiger partial charge in [-0.05, 0) is 73.4 Å². The fraction of sp³-hybridized carbons (Fsp3) is 0.250. The third kappa shape index (κ3) is 5.98. The fourth-order valence-corrected chi connectivity index (χ4v) is 4.15. The van der Waals surface area contributed by atoms with Crippen molar-refractivity contribution in [3.05, 3.63) is 95.5 Å². The van der Waals surface area contributed by atoms with Gasteiger partial charge in [0.1, 0.15) is 17.3 Å². The molecular formula is C32H33FN4. The van der Waals surface area contributed by atoms with E-state index < -0.39 is 5.67 Å². The predicted molar refractivity (Wildman–Crippen MR) is 154 cm³/mol. The molecule has 4 nitrogen and oxygen atoms in total. The Balaban J connectivity index is 1.60. The standard InChI is InChI=1S/C32H33FN4/c1-7-8-10-24-14-15-28(20-29(24)26-17-18-34-21-26)35-23(3)37(6)31-22(2)13-16-30(36-31)25-11-9-12-27(19-25)32(4,5)33/h9,11-16,18-21,35H,3,7,17H2,1-2,4-6H3. The zero-order valence-electron chi connectivity index (χ0n) is 22.2. The van der Waals surface area contributed by atoms with Crippen molar-refractivity contribution in [1.29, 1.82) is 0 Å². The zero-order chi connectivity index (χ0) is 26.6. The van der Waals surface area contributed by atoms with Crippen molar-refractivity contribution >= 4 is 23.3 Å². The molecule has 0 saturated carbocycles. The number of aryl methyl sites for hydroxylation is 1. The molecule has 3 aromatic rings. The molecule has 0 spiro atoms. The normalized spacial score (nSPS) is 12.5. The number of aromatic nitrogens is 1. The van der Waals surface area contributed by atoms with Gasteiger partial charge in [-0.3, -0.25) is 4.99 Å². The molecule has 1 aromatic heterocycles. The van der Waals surface area contributed by atoms with Gasteiger partial charge in [0, 0.05) is 49.1 Å². The van der Waals surface area contributed by atoms with Gasteiger partial charge in [0.15, 0.2) is 0 Å². The van der Waals surface area contributed by atoms with E-state index in [1.807, 2.05) is 80.7 Å². The van der Waals surface area contributed by atoms with Crippen molar-refractivity contribution in [3.63, 3.8) is 0 Å². The van der Waals surface area contributed by atoms with Gasteiger partial charge in [-0.15, -0.1) is 0 Å². The number of anilines is 2. The molecule has 0 radical (unpaired) electrons. The summed E-state index contributed by atoms with van der Waals surface area (Å²) in [6, 6.07) is 17.6. The van der Waals surface area contributed by atoms with Gasteiger partial charge < -0.3 is 10.2 Å². The van der Waals surface area contributed by atoms with Crippen LogP contribution in [-0.4, -0.2) is 18.2 Å². The van der Waals surface area contributed by atoms with E-state index in [9.17, 15) is 4.39 Å². The van der Waals surface area contributed by atoms with Crippen LogP contribution in [0.2, 0.25) is 0 Å². The lowest BCUT2D eigenvalue weighted by Gasteiger charge is -2.24. The van der Waals surface area contributed by atoms with Crippen LogP contribution in [0.1, 0.15) is 55.9 Å². The van der Waals surface area contributed by atoms with Crippen LogP contribution in [0.5, 0.6) is 0 Å². The maximum atomic E-state index is 14.5.